The molecular weight excluding hydrogens is 228 g/mol. The third-order valence-electron chi connectivity index (χ3n) is 1.88. The molecule has 0 spiro atoms. The van der Waals surface area contributed by atoms with Crippen molar-refractivity contribution in [1.29, 1.82) is 0 Å². The second-order valence-electron chi connectivity index (χ2n) is 3.86. The molecule has 2 amide bonds. The van der Waals surface area contributed by atoms with Gasteiger partial charge in [0.05, 0.1) is 13.2 Å². The molecular formula is C10H20N2O5. The molecule has 0 aliphatic heterocycles. The van der Waals surface area contributed by atoms with Crippen LogP contribution in [0.15, 0.2) is 0 Å². The minimum Gasteiger partial charge on any atom is -0.386 e. The minimum absolute atomic E-state index is 0.0582. The second kappa shape index (κ2) is 7.99. The van der Waals surface area contributed by atoms with Crippen molar-refractivity contribution < 1.29 is 24.2 Å². The number of ether oxygens (including phenoxy) is 2. The third-order valence-corrected chi connectivity index (χ3v) is 1.88. The molecule has 0 rings (SSSR count). The summed E-state index contributed by atoms with van der Waals surface area (Å²) >= 11 is 0. The van der Waals surface area contributed by atoms with Gasteiger partial charge in [-0.1, -0.05) is 0 Å². The molecule has 7 heteroatoms. The van der Waals surface area contributed by atoms with Crippen LogP contribution in [-0.2, 0) is 19.1 Å². The molecule has 1 atom stereocenters. The molecule has 0 saturated heterocycles. The van der Waals surface area contributed by atoms with E-state index in [1.54, 1.807) is 0 Å². The Morgan fingerprint density at radius 3 is 2.29 bits per heavy atom. The molecule has 0 heterocycles. The molecule has 17 heavy (non-hydrogen) atoms. The first-order chi connectivity index (χ1) is 7.93. The van der Waals surface area contributed by atoms with Gasteiger partial charge in [-0.2, -0.15) is 0 Å². The lowest BCUT2D eigenvalue weighted by atomic mass is 10.1. The fourth-order valence-corrected chi connectivity index (χ4v) is 1.06. The number of amides is 2. The fourth-order valence-electron chi connectivity index (χ4n) is 1.06. The average Bonchev–Trinajstić information content (AvgIpc) is 2.26. The first-order valence-corrected chi connectivity index (χ1v) is 5.19. The fraction of sp³-hybridized carbons (Fsp3) is 0.800. The van der Waals surface area contributed by atoms with Crippen molar-refractivity contribution in [3.63, 3.8) is 0 Å². The number of aliphatic hydroxyl groups is 1. The molecule has 100 valence electrons. The predicted octanol–water partition coefficient (Wildman–Crippen LogP) is -1.74. The Hall–Kier alpha value is -1.18. The van der Waals surface area contributed by atoms with Gasteiger partial charge in [0.2, 0.25) is 0 Å². The summed E-state index contributed by atoms with van der Waals surface area (Å²) in [7, 11) is 2.93. The Labute approximate surface area is 100 Å². The van der Waals surface area contributed by atoms with E-state index in [4.69, 9.17) is 9.47 Å². The number of methoxy groups -OCH3 is 2. The van der Waals surface area contributed by atoms with Gasteiger partial charge in [0.15, 0.2) is 0 Å². The number of carbonyl (C=O) groups is 2. The summed E-state index contributed by atoms with van der Waals surface area (Å²) in [4.78, 5) is 22.5. The summed E-state index contributed by atoms with van der Waals surface area (Å²) in [6, 6.07) is 0. The monoisotopic (exact) mass is 248 g/mol. The quantitative estimate of drug-likeness (QED) is 0.367. The summed E-state index contributed by atoms with van der Waals surface area (Å²) in [6.07, 6.45) is 0. The van der Waals surface area contributed by atoms with Gasteiger partial charge in [0, 0.05) is 27.3 Å². The van der Waals surface area contributed by atoms with Gasteiger partial charge in [0.1, 0.15) is 5.60 Å². The van der Waals surface area contributed by atoms with Crippen molar-refractivity contribution in [3.05, 3.63) is 0 Å². The van der Waals surface area contributed by atoms with Crippen molar-refractivity contribution >= 4 is 11.8 Å². The SMILES string of the molecule is COCCNC(=O)C(=O)NCC(C)(O)COC. The van der Waals surface area contributed by atoms with Crippen molar-refractivity contribution in [2.24, 2.45) is 0 Å². The van der Waals surface area contributed by atoms with Gasteiger partial charge in [0.25, 0.3) is 0 Å². The zero-order valence-electron chi connectivity index (χ0n) is 10.4. The van der Waals surface area contributed by atoms with Gasteiger partial charge < -0.3 is 25.2 Å². The number of rotatable bonds is 7. The highest BCUT2D eigenvalue weighted by molar-refractivity contribution is 6.35. The summed E-state index contributed by atoms with van der Waals surface area (Å²) in [5.74, 6) is -1.55. The van der Waals surface area contributed by atoms with Crippen LogP contribution in [0.2, 0.25) is 0 Å². The summed E-state index contributed by atoms with van der Waals surface area (Å²) in [6.45, 7) is 2.10. The van der Waals surface area contributed by atoms with E-state index in [1.165, 1.54) is 21.1 Å². The number of hydrogen-bond acceptors (Lipinski definition) is 5. The summed E-state index contributed by atoms with van der Waals surface area (Å²) < 4.78 is 9.48. The van der Waals surface area contributed by atoms with Crippen LogP contribution < -0.4 is 10.6 Å². The molecule has 1 unspecified atom stereocenters. The molecule has 0 saturated carbocycles. The van der Waals surface area contributed by atoms with Gasteiger partial charge in [-0.05, 0) is 6.92 Å². The lowest BCUT2D eigenvalue weighted by Gasteiger charge is -2.22. The van der Waals surface area contributed by atoms with Crippen molar-refractivity contribution in [2.75, 3.05) is 40.5 Å². The molecule has 0 bridgehead atoms. The van der Waals surface area contributed by atoms with Crippen LogP contribution in [0.5, 0.6) is 0 Å². The largest absolute Gasteiger partial charge is 0.386 e. The van der Waals surface area contributed by atoms with Crippen LogP contribution in [0.3, 0.4) is 0 Å². The van der Waals surface area contributed by atoms with E-state index in [2.05, 4.69) is 10.6 Å². The molecule has 3 N–H and O–H groups in total. The van der Waals surface area contributed by atoms with E-state index in [9.17, 15) is 14.7 Å². The Morgan fingerprint density at radius 2 is 1.76 bits per heavy atom. The van der Waals surface area contributed by atoms with E-state index in [1.807, 2.05) is 0 Å². The van der Waals surface area contributed by atoms with E-state index in [0.717, 1.165) is 0 Å². The highest BCUT2D eigenvalue weighted by Gasteiger charge is 2.22. The van der Waals surface area contributed by atoms with Crippen LogP contribution in [0.25, 0.3) is 0 Å². The Morgan fingerprint density at radius 1 is 1.18 bits per heavy atom. The molecule has 0 aromatic rings. The number of carbonyl (C=O) groups excluding carboxylic acids is 2. The first-order valence-electron chi connectivity index (χ1n) is 5.19. The van der Waals surface area contributed by atoms with Crippen LogP contribution in [0, 0.1) is 0 Å². The molecule has 0 fully saturated rings. The van der Waals surface area contributed by atoms with E-state index < -0.39 is 17.4 Å². The van der Waals surface area contributed by atoms with Crippen LogP contribution in [0.4, 0.5) is 0 Å². The van der Waals surface area contributed by atoms with E-state index in [0.29, 0.717) is 6.61 Å². The molecule has 7 nitrogen and oxygen atoms in total. The number of nitrogens with one attached hydrogen (secondary N) is 2. The molecule has 0 aromatic carbocycles. The minimum atomic E-state index is -1.20. The van der Waals surface area contributed by atoms with Crippen molar-refractivity contribution in [1.82, 2.24) is 10.6 Å². The van der Waals surface area contributed by atoms with Crippen LogP contribution >= 0.6 is 0 Å². The van der Waals surface area contributed by atoms with Crippen LogP contribution in [-0.4, -0.2) is 63.0 Å². The average molecular weight is 248 g/mol. The van der Waals surface area contributed by atoms with Gasteiger partial charge in [-0.25, -0.2) is 0 Å². The maximum atomic E-state index is 11.3. The second-order valence-corrected chi connectivity index (χ2v) is 3.86. The van der Waals surface area contributed by atoms with Crippen molar-refractivity contribution in [2.45, 2.75) is 12.5 Å². The van der Waals surface area contributed by atoms with Crippen molar-refractivity contribution in [3.8, 4) is 0 Å². The standard InChI is InChI=1S/C10H20N2O5/c1-10(15,7-17-3)6-12-9(14)8(13)11-4-5-16-2/h15H,4-7H2,1-3H3,(H,11,13)(H,12,14). The van der Waals surface area contributed by atoms with Crippen LogP contribution in [0.1, 0.15) is 6.92 Å². The molecule has 0 radical (unpaired) electrons. The third kappa shape index (κ3) is 7.67. The Bertz CT molecular complexity index is 255. The Kier molecular flexibility index (Phi) is 7.44. The summed E-state index contributed by atoms with van der Waals surface area (Å²) in [5.41, 5.74) is -1.20. The first kappa shape index (κ1) is 15.8. The molecule has 0 aliphatic rings. The van der Waals surface area contributed by atoms with Gasteiger partial charge in [-0.3, -0.25) is 9.59 Å². The molecule has 0 aromatic heterocycles. The zero-order valence-corrected chi connectivity index (χ0v) is 10.4. The number of hydrogen-bond donors (Lipinski definition) is 3. The van der Waals surface area contributed by atoms with E-state index >= 15 is 0 Å². The highest BCUT2D eigenvalue weighted by Crippen LogP contribution is 2.00. The highest BCUT2D eigenvalue weighted by atomic mass is 16.5. The lowest BCUT2D eigenvalue weighted by molar-refractivity contribution is -0.140. The predicted molar refractivity (Wildman–Crippen MR) is 60.4 cm³/mol. The van der Waals surface area contributed by atoms with Gasteiger partial charge in [-0.15, -0.1) is 0 Å². The summed E-state index contributed by atoms with van der Waals surface area (Å²) in [5, 5.41) is 14.3. The van der Waals surface area contributed by atoms with Gasteiger partial charge >= 0.3 is 11.8 Å². The Balaban J connectivity index is 3.88. The smallest absolute Gasteiger partial charge is 0.309 e. The lowest BCUT2D eigenvalue weighted by Crippen LogP contribution is -2.48. The molecule has 0 aliphatic carbocycles. The topological polar surface area (TPSA) is 96.9 Å². The van der Waals surface area contributed by atoms with E-state index in [-0.39, 0.29) is 19.7 Å². The maximum Gasteiger partial charge on any atom is 0.309 e. The maximum absolute atomic E-state index is 11.3. The zero-order chi connectivity index (χ0) is 13.3. The normalized spacial score (nSPS) is 13.9.